The number of H-pyrrole nitrogens is 1. The van der Waals surface area contributed by atoms with Gasteiger partial charge in [-0.1, -0.05) is 0 Å². The standard InChI is InChI=1S/C8H12N3/c1-2-7(10-3-1)8-6-9-4-5-11-8/h1-3,8-10H,4-6H2. The third-order valence-electron chi connectivity index (χ3n) is 1.96. The van der Waals surface area contributed by atoms with E-state index in [-0.39, 0.29) is 0 Å². The van der Waals surface area contributed by atoms with Crippen molar-refractivity contribution in [2.24, 2.45) is 0 Å². The molecule has 1 radical (unpaired) electrons. The van der Waals surface area contributed by atoms with E-state index in [1.54, 1.807) is 0 Å². The molecule has 1 aliphatic rings. The molecule has 1 aromatic heterocycles. The van der Waals surface area contributed by atoms with Gasteiger partial charge in [0, 0.05) is 31.5 Å². The van der Waals surface area contributed by atoms with Crippen molar-refractivity contribution < 1.29 is 0 Å². The molecule has 1 aromatic rings. The fourth-order valence-electron chi connectivity index (χ4n) is 1.36. The highest BCUT2D eigenvalue weighted by atomic mass is 15.1. The molecule has 3 heteroatoms. The fourth-order valence-corrected chi connectivity index (χ4v) is 1.36. The number of aromatic amines is 1. The first-order valence-corrected chi connectivity index (χ1v) is 3.97. The van der Waals surface area contributed by atoms with Crippen molar-refractivity contribution in [3.8, 4) is 0 Å². The molecule has 2 rings (SSSR count). The Morgan fingerprint density at radius 1 is 1.55 bits per heavy atom. The minimum absolute atomic E-state index is 0.346. The molecule has 0 bridgehead atoms. The molecule has 0 aromatic carbocycles. The van der Waals surface area contributed by atoms with Gasteiger partial charge in [-0.3, -0.25) is 0 Å². The maximum Gasteiger partial charge on any atom is 0.0770 e. The number of aromatic nitrogens is 1. The Hall–Kier alpha value is -0.800. The Morgan fingerprint density at radius 3 is 3.18 bits per heavy atom. The molecular formula is C8H12N3. The van der Waals surface area contributed by atoms with E-state index in [4.69, 9.17) is 0 Å². The second-order valence-electron chi connectivity index (χ2n) is 2.75. The summed E-state index contributed by atoms with van der Waals surface area (Å²) in [4.78, 5) is 3.17. The van der Waals surface area contributed by atoms with Crippen molar-refractivity contribution in [1.29, 1.82) is 0 Å². The van der Waals surface area contributed by atoms with Gasteiger partial charge in [-0.05, 0) is 12.1 Å². The zero-order chi connectivity index (χ0) is 7.52. The number of nitrogens with zero attached hydrogens (tertiary/aromatic N) is 1. The average molecular weight is 150 g/mol. The Balaban J connectivity index is 2.04. The molecule has 1 unspecified atom stereocenters. The van der Waals surface area contributed by atoms with Crippen molar-refractivity contribution in [3.05, 3.63) is 24.0 Å². The summed E-state index contributed by atoms with van der Waals surface area (Å²) in [5.74, 6) is 0. The number of rotatable bonds is 1. The van der Waals surface area contributed by atoms with Gasteiger partial charge in [-0.2, -0.15) is 0 Å². The van der Waals surface area contributed by atoms with Crippen molar-refractivity contribution in [3.63, 3.8) is 0 Å². The molecule has 59 valence electrons. The molecule has 2 N–H and O–H groups in total. The quantitative estimate of drug-likeness (QED) is 0.592. The van der Waals surface area contributed by atoms with E-state index in [0.717, 1.165) is 19.6 Å². The molecule has 0 saturated carbocycles. The summed E-state index contributed by atoms with van der Waals surface area (Å²) >= 11 is 0. The first-order chi connectivity index (χ1) is 5.47. The van der Waals surface area contributed by atoms with Crippen molar-refractivity contribution in [1.82, 2.24) is 15.6 Å². The molecule has 0 spiro atoms. The molecule has 1 saturated heterocycles. The summed E-state index contributed by atoms with van der Waals surface area (Å²) in [6.07, 6.45) is 1.94. The van der Waals surface area contributed by atoms with Crippen LogP contribution in [-0.4, -0.2) is 24.6 Å². The lowest BCUT2D eigenvalue weighted by Crippen LogP contribution is -2.38. The van der Waals surface area contributed by atoms with Gasteiger partial charge in [-0.15, -0.1) is 0 Å². The van der Waals surface area contributed by atoms with Crippen LogP contribution in [0.3, 0.4) is 0 Å². The van der Waals surface area contributed by atoms with Crippen LogP contribution in [0.1, 0.15) is 11.7 Å². The van der Waals surface area contributed by atoms with Gasteiger partial charge >= 0.3 is 0 Å². The number of nitrogens with one attached hydrogen (secondary N) is 2. The third kappa shape index (κ3) is 1.44. The van der Waals surface area contributed by atoms with Gasteiger partial charge in [0.25, 0.3) is 0 Å². The lowest BCUT2D eigenvalue weighted by atomic mass is 10.2. The highest BCUT2D eigenvalue weighted by Crippen LogP contribution is 2.11. The number of hydrogen-bond donors (Lipinski definition) is 2. The van der Waals surface area contributed by atoms with E-state index in [1.165, 1.54) is 5.69 Å². The first-order valence-electron chi connectivity index (χ1n) is 3.97. The van der Waals surface area contributed by atoms with Crippen LogP contribution in [-0.2, 0) is 0 Å². The summed E-state index contributed by atoms with van der Waals surface area (Å²) in [5.41, 5.74) is 1.22. The second kappa shape index (κ2) is 3.07. The Labute approximate surface area is 66.2 Å². The van der Waals surface area contributed by atoms with Crippen LogP contribution in [0.25, 0.3) is 0 Å². The minimum atomic E-state index is 0.346. The molecule has 1 fully saturated rings. The van der Waals surface area contributed by atoms with Crippen LogP contribution in [0, 0.1) is 0 Å². The molecular weight excluding hydrogens is 138 g/mol. The van der Waals surface area contributed by atoms with Crippen LogP contribution in [0.4, 0.5) is 0 Å². The van der Waals surface area contributed by atoms with Gasteiger partial charge in [-0.25, -0.2) is 5.32 Å². The Morgan fingerprint density at radius 2 is 2.55 bits per heavy atom. The lowest BCUT2D eigenvalue weighted by Gasteiger charge is -2.21. The Bertz CT molecular complexity index is 199. The first kappa shape index (κ1) is 6.88. The normalized spacial score (nSPS) is 25.3. The number of hydrogen-bond acceptors (Lipinski definition) is 1. The molecule has 2 heterocycles. The molecule has 1 atom stereocenters. The maximum absolute atomic E-state index is 4.48. The lowest BCUT2D eigenvalue weighted by molar-refractivity contribution is 0.416. The summed E-state index contributed by atoms with van der Waals surface area (Å²) < 4.78 is 0. The van der Waals surface area contributed by atoms with Gasteiger partial charge in [0.2, 0.25) is 0 Å². The fraction of sp³-hybridized carbons (Fsp3) is 0.500. The van der Waals surface area contributed by atoms with E-state index in [1.807, 2.05) is 12.3 Å². The molecule has 0 aliphatic carbocycles. The van der Waals surface area contributed by atoms with E-state index < -0.39 is 0 Å². The molecule has 0 amide bonds. The van der Waals surface area contributed by atoms with E-state index in [0.29, 0.717) is 6.04 Å². The third-order valence-corrected chi connectivity index (χ3v) is 1.96. The minimum Gasteiger partial charge on any atom is -0.364 e. The topological polar surface area (TPSA) is 41.9 Å². The smallest absolute Gasteiger partial charge is 0.0770 e. The van der Waals surface area contributed by atoms with E-state index >= 15 is 0 Å². The monoisotopic (exact) mass is 150 g/mol. The molecule has 1 aliphatic heterocycles. The van der Waals surface area contributed by atoms with Gasteiger partial charge in [0.15, 0.2) is 0 Å². The average Bonchev–Trinajstić information content (AvgIpc) is 2.58. The van der Waals surface area contributed by atoms with Crippen molar-refractivity contribution in [2.75, 3.05) is 19.6 Å². The molecule has 11 heavy (non-hydrogen) atoms. The van der Waals surface area contributed by atoms with Crippen LogP contribution >= 0.6 is 0 Å². The van der Waals surface area contributed by atoms with E-state index in [9.17, 15) is 0 Å². The van der Waals surface area contributed by atoms with Crippen LogP contribution < -0.4 is 10.6 Å². The van der Waals surface area contributed by atoms with Crippen molar-refractivity contribution >= 4 is 0 Å². The zero-order valence-electron chi connectivity index (χ0n) is 6.38. The van der Waals surface area contributed by atoms with Crippen molar-refractivity contribution in [2.45, 2.75) is 6.04 Å². The predicted molar refractivity (Wildman–Crippen MR) is 43.4 cm³/mol. The zero-order valence-corrected chi connectivity index (χ0v) is 6.38. The summed E-state index contributed by atoms with van der Waals surface area (Å²) in [6, 6.07) is 4.44. The summed E-state index contributed by atoms with van der Waals surface area (Å²) in [6.45, 7) is 2.93. The van der Waals surface area contributed by atoms with Crippen LogP contribution in [0.5, 0.6) is 0 Å². The van der Waals surface area contributed by atoms with Gasteiger partial charge in [0.05, 0.1) is 6.04 Å². The van der Waals surface area contributed by atoms with E-state index in [2.05, 4.69) is 21.7 Å². The molecule has 3 nitrogen and oxygen atoms in total. The highest BCUT2D eigenvalue weighted by Gasteiger charge is 2.15. The highest BCUT2D eigenvalue weighted by molar-refractivity contribution is 5.10. The van der Waals surface area contributed by atoms with Crippen LogP contribution in [0.15, 0.2) is 18.3 Å². The maximum atomic E-state index is 4.48. The van der Waals surface area contributed by atoms with Gasteiger partial charge in [0.1, 0.15) is 0 Å². The van der Waals surface area contributed by atoms with Gasteiger partial charge < -0.3 is 10.3 Å². The second-order valence-corrected chi connectivity index (χ2v) is 2.75. The van der Waals surface area contributed by atoms with Crippen LogP contribution in [0.2, 0.25) is 0 Å². The largest absolute Gasteiger partial charge is 0.364 e. The predicted octanol–water partition coefficient (Wildman–Crippen LogP) is 0.263. The summed E-state index contributed by atoms with van der Waals surface area (Å²) in [5, 5.41) is 7.79. The Kier molecular flexibility index (Phi) is 1.92. The SMILES string of the molecule is c1c[nH]c(C2CNCC[N]2)c1. The summed E-state index contributed by atoms with van der Waals surface area (Å²) in [7, 11) is 0. The number of piperazine rings is 1.